The molecular weight excluding hydrogens is 441 g/mol. The number of sulfonamides is 1. The van der Waals surface area contributed by atoms with Gasteiger partial charge in [0, 0.05) is 23.3 Å². The lowest BCUT2D eigenvalue weighted by Crippen LogP contribution is -2.14. The number of aryl methyl sites for hydroxylation is 1. The molecule has 2 N–H and O–H groups in total. The molecule has 0 aliphatic heterocycles. The van der Waals surface area contributed by atoms with E-state index < -0.39 is 20.7 Å². The van der Waals surface area contributed by atoms with E-state index in [4.69, 9.17) is 4.74 Å². The van der Waals surface area contributed by atoms with Crippen molar-refractivity contribution >= 4 is 38.0 Å². The first-order chi connectivity index (χ1) is 14.9. The third kappa shape index (κ3) is 4.37. The second kappa shape index (κ2) is 8.36. The Bertz CT molecular complexity index is 1320. The number of halogens is 1. The minimum absolute atomic E-state index is 0.165. The predicted octanol–water partition coefficient (Wildman–Crippen LogP) is 4.33. The van der Waals surface area contributed by atoms with E-state index in [-0.39, 0.29) is 5.13 Å². The zero-order valence-electron chi connectivity index (χ0n) is 16.5. The van der Waals surface area contributed by atoms with Crippen LogP contribution in [0.1, 0.15) is 5.69 Å². The van der Waals surface area contributed by atoms with Gasteiger partial charge in [0.15, 0.2) is 5.13 Å². The molecule has 0 bridgehead atoms. The Kier molecular flexibility index (Phi) is 5.61. The molecule has 2 heterocycles. The zero-order chi connectivity index (χ0) is 22.0. The minimum Gasteiger partial charge on any atom is -0.494 e. The SMILES string of the molecule is COc1ccccc1-n1nc(C)cc1Nc1ccc(S(=O)(=O)Nc2nccs2)c(F)c1. The topological polar surface area (TPSA) is 98.1 Å². The van der Waals surface area contributed by atoms with E-state index in [0.29, 0.717) is 22.9 Å². The van der Waals surface area contributed by atoms with Gasteiger partial charge in [-0.15, -0.1) is 11.3 Å². The van der Waals surface area contributed by atoms with Crippen LogP contribution in [-0.2, 0) is 10.0 Å². The molecule has 11 heteroatoms. The number of rotatable bonds is 7. The molecule has 0 unspecified atom stereocenters. The summed E-state index contributed by atoms with van der Waals surface area (Å²) in [5, 5.41) is 9.35. The van der Waals surface area contributed by atoms with E-state index in [1.165, 1.54) is 18.3 Å². The first-order valence-corrected chi connectivity index (χ1v) is 11.4. The molecule has 0 aliphatic carbocycles. The van der Waals surface area contributed by atoms with E-state index in [1.54, 1.807) is 23.2 Å². The minimum atomic E-state index is -4.10. The first-order valence-electron chi connectivity index (χ1n) is 9.06. The fraction of sp³-hybridized carbons (Fsp3) is 0.100. The standard InChI is InChI=1S/C20H18FN5O3S2/c1-13-11-19(26(24-13)16-5-3-4-6-17(16)29-2)23-14-7-8-18(15(21)12-14)31(27,28)25-20-22-9-10-30-20/h3-12,23H,1-2H3,(H,22,25). The van der Waals surface area contributed by atoms with Crippen LogP contribution in [0.4, 0.5) is 21.0 Å². The van der Waals surface area contributed by atoms with Gasteiger partial charge in [0.05, 0.1) is 12.8 Å². The molecule has 2 aromatic carbocycles. The maximum Gasteiger partial charge on any atom is 0.266 e. The Hall–Kier alpha value is -3.44. The van der Waals surface area contributed by atoms with E-state index in [0.717, 1.165) is 23.1 Å². The highest BCUT2D eigenvalue weighted by Crippen LogP contribution is 2.29. The quantitative estimate of drug-likeness (QED) is 0.427. The Balaban J connectivity index is 1.64. The van der Waals surface area contributed by atoms with Gasteiger partial charge in [0.2, 0.25) is 0 Å². The summed E-state index contributed by atoms with van der Waals surface area (Å²) < 4.78 is 49.0. The van der Waals surface area contributed by atoms with E-state index in [9.17, 15) is 12.8 Å². The Morgan fingerprint density at radius 1 is 1.16 bits per heavy atom. The van der Waals surface area contributed by atoms with Crippen LogP contribution in [0.25, 0.3) is 5.69 Å². The van der Waals surface area contributed by atoms with Crippen molar-refractivity contribution < 1.29 is 17.5 Å². The van der Waals surface area contributed by atoms with Crippen molar-refractivity contribution in [1.82, 2.24) is 14.8 Å². The lowest BCUT2D eigenvalue weighted by Gasteiger charge is -2.13. The van der Waals surface area contributed by atoms with Gasteiger partial charge in [0.25, 0.3) is 10.0 Å². The lowest BCUT2D eigenvalue weighted by molar-refractivity contribution is 0.412. The normalized spacial score (nSPS) is 11.3. The Morgan fingerprint density at radius 2 is 1.97 bits per heavy atom. The summed E-state index contributed by atoms with van der Waals surface area (Å²) in [4.78, 5) is 3.39. The average Bonchev–Trinajstić information content (AvgIpc) is 3.36. The van der Waals surface area contributed by atoms with Crippen molar-refractivity contribution in [3.05, 3.63) is 71.6 Å². The number of benzene rings is 2. The van der Waals surface area contributed by atoms with Gasteiger partial charge in [-0.25, -0.2) is 22.5 Å². The maximum absolute atomic E-state index is 14.7. The summed E-state index contributed by atoms with van der Waals surface area (Å²) in [6.07, 6.45) is 1.46. The maximum atomic E-state index is 14.7. The molecule has 4 aromatic rings. The molecule has 4 rings (SSSR count). The number of para-hydroxylation sites is 2. The van der Waals surface area contributed by atoms with Crippen LogP contribution in [0.2, 0.25) is 0 Å². The highest BCUT2D eigenvalue weighted by atomic mass is 32.2. The predicted molar refractivity (Wildman–Crippen MR) is 117 cm³/mol. The van der Waals surface area contributed by atoms with Crippen LogP contribution in [0.15, 0.2) is 65.0 Å². The van der Waals surface area contributed by atoms with Crippen LogP contribution < -0.4 is 14.8 Å². The molecule has 160 valence electrons. The zero-order valence-corrected chi connectivity index (χ0v) is 18.2. The largest absolute Gasteiger partial charge is 0.494 e. The van der Waals surface area contributed by atoms with E-state index >= 15 is 0 Å². The Morgan fingerprint density at radius 3 is 2.68 bits per heavy atom. The molecule has 0 radical (unpaired) electrons. The van der Waals surface area contributed by atoms with E-state index in [1.807, 2.05) is 31.2 Å². The van der Waals surface area contributed by atoms with Crippen molar-refractivity contribution in [3.63, 3.8) is 0 Å². The third-order valence-corrected chi connectivity index (χ3v) is 6.48. The van der Waals surface area contributed by atoms with Gasteiger partial charge in [-0.05, 0) is 37.3 Å². The second-order valence-electron chi connectivity index (χ2n) is 6.47. The van der Waals surface area contributed by atoms with Gasteiger partial charge in [0.1, 0.15) is 28.0 Å². The number of methoxy groups -OCH3 is 1. The number of ether oxygens (including phenoxy) is 1. The van der Waals surface area contributed by atoms with Crippen LogP contribution in [0, 0.1) is 12.7 Å². The molecule has 8 nitrogen and oxygen atoms in total. The number of nitrogens with one attached hydrogen (secondary N) is 2. The Labute approximate surface area is 182 Å². The molecule has 31 heavy (non-hydrogen) atoms. The van der Waals surface area contributed by atoms with Crippen molar-refractivity contribution in [2.24, 2.45) is 0 Å². The summed E-state index contributed by atoms with van der Waals surface area (Å²) in [5.41, 5.74) is 1.80. The molecule has 0 fully saturated rings. The number of aromatic nitrogens is 3. The highest BCUT2D eigenvalue weighted by Gasteiger charge is 2.21. The summed E-state index contributed by atoms with van der Waals surface area (Å²) in [7, 11) is -2.53. The highest BCUT2D eigenvalue weighted by molar-refractivity contribution is 7.93. The molecular formula is C20H18FN5O3S2. The van der Waals surface area contributed by atoms with Gasteiger partial charge < -0.3 is 10.1 Å². The smallest absolute Gasteiger partial charge is 0.266 e. The summed E-state index contributed by atoms with van der Waals surface area (Å²) >= 11 is 1.10. The average molecular weight is 460 g/mol. The summed E-state index contributed by atoms with van der Waals surface area (Å²) in [5.74, 6) is 0.293. The molecule has 0 amide bonds. The lowest BCUT2D eigenvalue weighted by atomic mass is 10.3. The molecule has 0 saturated heterocycles. The first kappa shape index (κ1) is 20.8. The summed E-state index contributed by atoms with van der Waals surface area (Å²) in [6.45, 7) is 1.83. The van der Waals surface area contributed by atoms with Crippen LogP contribution in [0.5, 0.6) is 5.75 Å². The third-order valence-electron chi connectivity index (χ3n) is 4.29. The molecule has 0 atom stereocenters. The van der Waals surface area contributed by atoms with Crippen molar-refractivity contribution in [2.45, 2.75) is 11.8 Å². The monoisotopic (exact) mass is 459 g/mol. The molecule has 0 saturated carbocycles. The van der Waals surface area contributed by atoms with Gasteiger partial charge in [-0.1, -0.05) is 12.1 Å². The second-order valence-corrected chi connectivity index (χ2v) is 9.01. The molecule has 0 spiro atoms. The van der Waals surface area contributed by atoms with Gasteiger partial charge >= 0.3 is 0 Å². The van der Waals surface area contributed by atoms with Gasteiger partial charge in [-0.3, -0.25) is 4.72 Å². The number of nitrogens with zero attached hydrogens (tertiary/aromatic N) is 3. The molecule has 0 aliphatic rings. The number of hydrogen-bond acceptors (Lipinski definition) is 7. The van der Waals surface area contributed by atoms with Crippen molar-refractivity contribution in [2.75, 3.05) is 17.1 Å². The van der Waals surface area contributed by atoms with Crippen molar-refractivity contribution in [3.8, 4) is 11.4 Å². The fourth-order valence-corrected chi connectivity index (χ4v) is 4.81. The van der Waals surface area contributed by atoms with Crippen molar-refractivity contribution in [1.29, 1.82) is 0 Å². The number of hydrogen-bond donors (Lipinski definition) is 2. The number of anilines is 3. The van der Waals surface area contributed by atoms with Crippen LogP contribution in [0.3, 0.4) is 0 Å². The fourth-order valence-electron chi connectivity index (χ4n) is 2.97. The summed E-state index contributed by atoms with van der Waals surface area (Å²) in [6, 6.07) is 12.9. The van der Waals surface area contributed by atoms with Crippen LogP contribution >= 0.6 is 11.3 Å². The number of thiazole rings is 1. The van der Waals surface area contributed by atoms with Crippen LogP contribution in [-0.4, -0.2) is 30.3 Å². The van der Waals surface area contributed by atoms with E-state index in [2.05, 4.69) is 20.1 Å². The molecule has 2 aromatic heterocycles. The van der Waals surface area contributed by atoms with Gasteiger partial charge in [-0.2, -0.15) is 5.10 Å².